The Morgan fingerprint density at radius 1 is 1.12 bits per heavy atom. The fourth-order valence-electron chi connectivity index (χ4n) is 3.16. The van der Waals surface area contributed by atoms with Gasteiger partial charge in [0.25, 0.3) is 0 Å². The SMILES string of the molecule is Cc1ccc(C[NH+]2CCN(N=Cc3ccccc3O)CC2)c(C)c1. The minimum atomic E-state index is 0.278. The molecule has 3 rings (SSSR count). The highest BCUT2D eigenvalue weighted by atomic mass is 16.3. The van der Waals surface area contributed by atoms with Crippen molar-refractivity contribution in [1.29, 1.82) is 0 Å². The molecule has 4 nitrogen and oxygen atoms in total. The predicted molar refractivity (Wildman–Crippen MR) is 97.6 cm³/mol. The van der Waals surface area contributed by atoms with Crippen LogP contribution in [-0.2, 0) is 6.54 Å². The number of quaternary nitrogens is 1. The Kier molecular flexibility index (Phi) is 5.16. The molecule has 2 N–H and O–H groups in total. The van der Waals surface area contributed by atoms with Crippen molar-refractivity contribution in [2.24, 2.45) is 5.10 Å². The van der Waals surface area contributed by atoms with Crippen molar-refractivity contribution in [1.82, 2.24) is 5.01 Å². The molecule has 126 valence electrons. The summed E-state index contributed by atoms with van der Waals surface area (Å²) in [5.74, 6) is 0.278. The fraction of sp³-hybridized carbons (Fsp3) is 0.350. The highest BCUT2D eigenvalue weighted by Gasteiger charge is 2.19. The molecule has 1 aliphatic rings. The average molecular weight is 324 g/mol. The maximum Gasteiger partial charge on any atom is 0.124 e. The van der Waals surface area contributed by atoms with E-state index in [2.05, 4.69) is 42.2 Å². The number of hydrogen-bond donors (Lipinski definition) is 2. The van der Waals surface area contributed by atoms with Crippen LogP contribution in [0.5, 0.6) is 5.75 Å². The molecule has 1 fully saturated rings. The second-order valence-corrected chi connectivity index (χ2v) is 6.61. The molecule has 4 heteroatoms. The van der Waals surface area contributed by atoms with E-state index < -0.39 is 0 Å². The molecule has 2 aromatic rings. The minimum absolute atomic E-state index is 0.278. The van der Waals surface area contributed by atoms with Crippen LogP contribution in [0.3, 0.4) is 0 Å². The maximum absolute atomic E-state index is 9.78. The molecule has 0 radical (unpaired) electrons. The molecule has 0 atom stereocenters. The molecule has 0 aliphatic carbocycles. The number of aryl methyl sites for hydroxylation is 2. The second-order valence-electron chi connectivity index (χ2n) is 6.61. The molecule has 2 aromatic carbocycles. The van der Waals surface area contributed by atoms with Crippen molar-refractivity contribution in [2.45, 2.75) is 20.4 Å². The summed E-state index contributed by atoms with van der Waals surface area (Å²) in [6, 6.07) is 14.0. The first kappa shape index (κ1) is 16.5. The van der Waals surface area contributed by atoms with Crippen molar-refractivity contribution in [3.8, 4) is 5.75 Å². The van der Waals surface area contributed by atoms with Crippen molar-refractivity contribution >= 4 is 6.21 Å². The van der Waals surface area contributed by atoms with E-state index in [0.29, 0.717) is 0 Å². The number of rotatable bonds is 4. The lowest BCUT2D eigenvalue weighted by atomic mass is 10.1. The number of hydrogen-bond acceptors (Lipinski definition) is 3. The van der Waals surface area contributed by atoms with Crippen LogP contribution in [0.2, 0.25) is 0 Å². The van der Waals surface area contributed by atoms with Gasteiger partial charge >= 0.3 is 0 Å². The molecule has 0 amide bonds. The smallest absolute Gasteiger partial charge is 0.124 e. The first-order valence-electron chi connectivity index (χ1n) is 8.58. The molecule has 0 bridgehead atoms. The van der Waals surface area contributed by atoms with Crippen LogP contribution in [0.1, 0.15) is 22.3 Å². The van der Waals surface area contributed by atoms with Gasteiger partial charge < -0.3 is 10.0 Å². The van der Waals surface area contributed by atoms with E-state index in [-0.39, 0.29) is 5.75 Å². The van der Waals surface area contributed by atoms with Gasteiger partial charge in [-0.3, -0.25) is 5.01 Å². The van der Waals surface area contributed by atoms with Gasteiger partial charge in [-0.25, -0.2) is 0 Å². The van der Waals surface area contributed by atoms with E-state index in [1.54, 1.807) is 17.2 Å². The lowest BCUT2D eigenvalue weighted by molar-refractivity contribution is -0.918. The first-order chi connectivity index (χ1) is 11.6. The lowest BCUT2D eigenvalue weighted by Gasteiger charge is -2.30. The molecular formula is C20H26N3O+. The first-order valence-corrected chi connectivity index (χ1v) is 8.58. The number of phenolic OH excluding ortho intramolecular Hbond substituents is 1. The second kappa shape index (κ2) is 7.49. The van der Waals surface area contributed by atoms with Crippen LogP contribution in [0, 0.1) is 13.8 Å². The Bertz CT molecular complexity index is 719. The Hall–Kier alpha value is -2.33. The number of benzene rings is 2. The molecule has 0 aromatic heterocycles. The van der Waals surface area contributed by atoms with E-state index in [9.17, 15) is 5.11 Å². The number of phenols is 1. The summed E-state index contributed by atoms with van der Waals surface area (Å²) in [7, 11) is 0. The Morgan fingerprint density at radius 2 is 1.88 bits per heavy atom. The predicted octanol–water partition coefficient (Wildman–Crippen LogP) is 1.74. The molecule has 1 aliphatic heterocycles. The summed E-state index contributed by atoms with van der Waals surface area (Å²) in [5.41, 5.74) is 4.93. The van der Waals surface area contributed by atoms with E-state index in [0.717, 1.165) is 38.3 Å². The Labute approximate surface area is 144 Å². The van der Waals surface area contributed by atoms with E-state index in [1.807, 2.05) is 18.2 Å². The molecule has 0 saturated carbocycles. The number of aromatic hydroxyl groups is 1. The summed E-state index contributed by atoms with van der Waals surface area (Å²) in [4.78, 5) is 1.61. The highest BCUT2D eigenvalue weighted by Crippen LogP contribution is 2.13. The largest absolute Gasteiger partial charge is 0.507 e. The third-order valence-electron chi connectivity index (χ3n) is 4.68. The van der Waals surface area contributed by atoms with Gasteiger partial charge in [-0.05, 0) is 31.5 Å². The highest BCUT2D eigenvalue weighted by molar-refractivity contribution is 5.82. The van der Waals surface area contributed by atoms with Crippen LogP contribution < -0.4 is 4.90 Å². The Morgan fingerprint density at radius 3 is 2.58 bits per heavy atom. The number of nitrogens with zero attached hydrogens (tertiary/aromatic N) is 2. The molecule has 24 heavy (non-hydrogen) atoms. The van der Waals surface area contributed by atoms with Gasteiger partial charge in [0.15, 0.2) is 0 Å². The van der Waals surface area contributed by atoms with Gasteiger partial charge in [-0.1, -0.05) is 35.9 Å². The van der Waals surface area contributed by atoms with Gasteiger partial charge in [0, 0.05) is 11.1 Å². The van der Waals surface area contributed by atoms with Crippen molar-refractivity contribution in [3.63, 3.8) is 0 Å². The monoisotopic (exact) mass is 324 g/mol. The average Bonchev–Trinajstić information content (AvgIpc) is 2.58. The van der Waals surface area contributed by atoms with Crippen LogP contribution in [0.4, 0.5) is 0 Å². The Balaban J connectivity index is 1.53. The van der Waals surface area contributed by atoms with Crippen LogP contribution in [0.15, 0.2) is 47.6 Å². The quantitative estimate of drug-likeness (QED) is 0.841. The van der Waals surface area contributed by atoms with Crippen LogP contribution in [0.25, 0.3) is 0 Å². The number of para-hydroxylation sites is 1. The molecule has 1 heterocycles. The number of piperazine rings is 1. The van der Waals surface area contributed by atoms with Crippen molar-refractivity contribution < 1.29 is 10.0 Å². The van der Waals surface area contributed by atoms with E-state index in [1.165, 1.54) is 16.7 Å². The van der Waals surface area contributed by atoms with Crippen molar-refractivity contribution in [3.05, 3.63) is 64.7 Å². The lowest BCUT2D eigenvalue weighted by Crippen LogP contribution is -3.13. The number of nitrogens with one attached hydrogen (secondary N) is 1. The number of hydrazone groups is 1. The van der Waals surface area contributed by atoms with Gasteiger partial charge in [-0.2, -0.15) is 5.10 Å². The normalized spacial score (nSPS) is 16.0. The molecule has 1 saturated heterocycles. The van der Waals surface area contributed by atoms with Gasteiger partial charge in [0.2, 0.25) is 0 Å². The zero-order chi connectivity index (χ0) is 16.9. The summed E-state index contributed by atoms with van der Waals surface area (Å²) in [6.45, 7) is 9.51. The van der Waals surface area contributed by atoms with Gasteiger partial charge in [0.1, 0.15) is 12.3 Å². The molecule has 0 unspecified atom stereocenters. The summed E-state index contributed by atoms with van der Waals surface area (Å²) < 4.78 is 0. The van der Waals surface area contributed by atoms with Crippen molar-refractivity contribution in [2.75, 3.05) is 26.2 Å². The van der Waals surface area contributed by atoms with Gasteiger partial charge in [-0.15, -0.1) is 0 Å². The van der Waals surface area contributed by atoms with E-state index in [4.69, 9.17) is 0 Å². The molecule has 0 spiro atoms. The third kappa shape index (κ3) is 4.15. The zero-order valence-electron chi connectivity index (χ0n) is 14.5. The summed E-state index contributed by atoms with van der Waals surface area (Å²) in [6.07, 6.45) is 1.75. The summed E-state index contributed by atoms with van der Waals surface area (Å²) >= 11 is 0. The topological polar surface area (TPSA) is 40.3 Å². The third-order valence-corrected chi connectivity index (χ3v) is 4.68. The van der Waals surface area contributed by atoms with Crippen LogP contribution in [-0.4, -0.2) is 42.5 Å². The van der Waals surface area contributed by atoms with Crippen LogP contribution >= 0.6 is 0 Å². The zero-order valence-corrected chi connectivity index (χ0v) is 14.5. The minimum Gasteiger partial charge on any atom is -0.507 e. The van der Waals surface area contributed by atoms with E-state index >= 15 is 0 Å². The maximum atomic E-state index is 9.78. The molecular weight excluding hydrogens is 298 g/mol. The fourth-order valence-corrected chi connectivity index (χ4v) is 3.16. The van der Waals surface area contributed by atoms with Gasteiger partial charge in [0.05, 0.1) is 32.4 Å². The standard InChI is InChI=1S/C20H25N3O/c1-16-7-8-19(17(2)13-16)15-22-9-11-23(12-10-22)21-14-18-5-3-4-6-20(18)24/h3-8,13-14,24H,9-12,15H2,1-2H3/p+1. The summed E-state index contributed by atoms with van der Waals surface area (Å²) in [5, 5.41) is 16.4.